The van der Waals surface area contributed by atoms with Gasteiger partial charge in [-0.2, -0.15) is 0 Å². The number of nitrogens with one attached hydrogen (secondary N) is 1. The van der Waals surface area contributed by atoms with Gasteiger partial charge in [0, 0.05) is 5.92 Å². The van der Waals surface area contributed by atoms with Crippen LogP contribution in [0.15, 0.2) is 72.8 Å². The van der Waals surface area contributed by atoms with Gasteiger partial charge in [-0.25, -0.2) is 9.59 Å². The summed E-state index contributed by atoms with van der Waals surface area (Å²) in [4.78, 5) is 55.5. The number of hydroxylamine groups is 2. The molecule has 1 heterocycles. The van der Waals surface area contributed by atoms with Gasteiger partial charge in [-0.3, -0.25) is 9.59 Å². The van der Waals surface area contributed by atoms with Gasteiger partial charge in [0.15, 0.2) is 0 Å². The number of alkyl carbamates (subject to hydrolysis) is 1. The molecule has 8 heteroatoms. The maximum absolute atomic E-state index is 12.8. The Morgan fingerprint density at radius 2 is 1.29 bits per heavy atom. The van der Waals surface area contributed by atoms with E-state index in [0.717, 1.165) is 22.3 Å². The molecule has 0 radical (unpaired) electrons. The Bertz CT molecular complexity index is 1330. The summed E-state index contributed by atoms with van der Waals surface area (Å²) in [7, 11) is 0. The van der Waals surface area contributed by atoms with Gasteiger partial charge < -0.3 is 14.9 Å². The van der Waals surface area contributed by atoms with Crippen molar-refractivity contribution < 1.29 is 28.8 Å². The highest BCUT2D eigenvalue weighted by atomic mass is 16.7. The fourth-order valence-corrected chi connectivity index (χ4v) is 4.76. The molecule has 1 N–H and O–H groups in total. The lowest BCUT2D eigenvalue weighted by Gasteiger charge is -2.20. The van der Waals surface area contributed by atoms with E-state index in [2.05, 4.69) is 5.32 Å². The van der Waals surface area contributed by atoms with Crippen LogP contribution in [0.5, 0.6) is 0 Å². The van der Waals surface area contributed by atoms with Crippen molar-refractivity contribution in [1.29, 1.82) is 0 Å². The van der Waals surface area contributed by atoms with E-state index >= 15 is 0 Å². The molecular weight excluding hydrogens is 448 g/mol. The Labute approximate surface area is 200 Å². The molecule has 8 nitrogen and oxygen atoms in total. The SMILES string of the molecule is O=C(NC1(C(=O)ON2C(=O)c3ccccc3C2=O)CC1)OCC1c2ccccc2-c2ccccc21. The molecule has 1 aliphatic heterocycles. The normalized spacial score (nSPS) is 16.9. The van der Waals surface area contributed by atoms with E-state index in [1.54, 1.807) is 12.1 Å². The van der Waals surface area contributed by atoms with Gasteiger partial charge >= 0.3 is 12.1 Å². The third-order valence-electron chi connectivity index (χ3n) is 6.76. The monoisotopic (exact) mass is 468 g/mol. The Hall–Kier alpha value is -4.46. The molecule has 3 aromatic rings. The average Bonchev–Trinajstić information content (AvgIpc) is 3.54. The first kappa shape index (κ1) is 21.1. The lowest BCUT2D eigenvalue weighted by Crippen LogP contribution is -2.47. The molecule has 0 spiro atoms. The van der Waals surface area contributed by atoms with Crippen molar-refractivity contribution in [3.63, 3.8) is 0 Å². The summed E-state index contributed by atoms with van der Waals surface area (Å²) in [6, 6.07) is 22.2. The first-order valence-electron chi connectivity index (χ1n) is 11.3. The van der Waals surface area contributed by atoms with E-state index in [-0.39, 0.29) is 23.7 Å². The maximum atomic E-state index is 12.8. The lowest BCUT2D eigenvalue weighted by atomic mass is 9.98. The molecule has 35 heavy (non-hydrogen) atoms. The summed E-state index contributed by atoms with van der Waals surface area (Å²) in [5.41, 5.74) is 3.39. The van der Waals surface area contributed by atoms with Crippen LogP contribution in [-0.4, -0.2) is 41.1 Å². The molecule has 2 aliphatic carbocycles. The first-order chi connectivity index (χ1) is 17.0. The molecule has 0 atom stereocenters. The highest BCUT2D eigenvalue weighted by Crippen LogP contribution is 2.44. The smallest absolute Gasteiger partial charge is 0.408 e. The number of imide groups is 1. The fraction of sp³-hybridized carbons (Fsp3) is 0.185. The molecule has 0 aromatic heterocycles. The number of nitrogens with zero attached hydrogens (tertiary/aromatic N) is 1. The lowest BCUT2D eigenvalue weighted by molar-refractivity contribution is -0.172. The third-order valence-corrected chi connectivity index (χ3v) is 6.76. The average molecular weight is 468 g/mol. The first-order valence-corrected chi connectivity index (χ1v) is 11.3. The quantitative estimate of drug-likeness (QED) is 0.572. The summed E-state index contributed by atoms with van der Waals surface area (Å²) in [5, 5.41) is 3.03. The second kappa shape index (κ2) is 7.80. The number of carbonyl (C=O) groups is 4. The molecule has 0 saturated heterocycles. The summed E-state index contributed by atoms with van der Waals surface area (Å²) in [6.07, 6.45) is -0.123. The van der Waals surface area contributed by atoms with Gasteiger partial charge in [-0.15, -0.1) is 0 Å². The molecule has 0 bridgehead atoms. The largest absolute Gasteiger partial charge is 0.449 e. The van der Waals surface area contributed by atoms with Gasteiger partial charge in [-0.05, 0) is 47.2 Å². The number of amides is 3. The molecule has 6 rings (SSSR count). The number of hydrogen-bond donors (Lipinski definition) is 1. The standard InChI is InChI=1S/C27H20N2O6/c30-23-20-11-5-6-12-21(20)24(31)29(23)35-25(32)27(13-14-27)28-26(33)34-15-22-18-9-3-1-7-16(18)17-8-2-4-10-19(17)22/h1-12,22H,13-15H2,(H,28,33). The van der Waals surface area contributed by atoms with Crippen LogP contribution in [0.2, 0.25) is 0 Å². The summed E-state index contributed by atoms with van der Waals surface area (Å²) in [6.45, 7) is 0.101. The summed E-state index contributed by atoms with van der Waals surface area (Å²) >= 11 is 0. The van der Waals surface area contributed by atoms with Crippen molar-refractivity contribution in [2.45, 2.75) is 24.3 Å². The van der Waals surface area contributed by atoms with E-state index in [9.17, 15) is 19.2 Å². The van der Waals surface area contributed by atoms with Gasteiger partial charge in [0.2, 0.25) is 0 Å². The van der Waals surface area contributed by atoms with Crippen LogP contribution in [0.3, 0.4) is 0 Å². The fourth-order valence-electron chi connectivity index (χ4n) is 4.76. The van der Waals surface area contributed by atoms with E-state index < -0.39 is 29.4 Å². The Morgan fingerprint density at radius 1 is 0.800 bits per heavy atom. The van der Waals surface area contributed by atoms with Crippen molar-refractivity contribution in [2.75, 3.05) is 6.61 Å². The molecule has 174 valence electrons. The molecule has 0 unspecified atom stereocenters. The number of hydrogen-bond acceptors (Lipinski definition) is 6. The number of fused-ring (bicyclic) bond motifs is 4. The van der Waals surface area contributed by atoms with Crippen molar-refractivity contribution in [2.24, 2.45) is 0 Å². The minimum Gasteiger partial charge on any atom is -0.449 e. The zero-order valence-corrected chi connectivity index (χ0v) is 18.5. The maximum Gasteiger partial charge on any atom is 0.408 e. The van der Waals surface area contributed by atoms with Crippen LogP contribution in [0, 0.1) is 0 Å². The highest BCUT2D eigenvalue weighted by Gasteiger charge is 2.55. The molecule has 1 saturated carbocycles. The number of rotatable bonds is 5. The topological polar surface area (TPSA) is 102 Å². The predicted octanol–water partition coefficient (Wildman–Crippen LogP) is 3.81. The molecule has 3 amide bonds. The van der Waals surface area contributed by atoms with Crippen LogP contribution in [-0.2, 0) is 14.4 Å². The Balaban J connectivity index is 1.11. The highest BCUT2D eigenvalue weighted by molar-refractivity contribution is 6.21. The van der Waals surface area contributed by atoms with Gasteiger partial charge in [0.1, 0.15) is 12.1 Å². The van der Waals surface area contributed by atoms with Crippen molar-refractivity contribution in [3.05, 3.63) is 95.1 Å². The Morgan fingerprint density at radius 3 is 1.80 bits per heavy atom. The molecule has 1 fully saturated rings. The van der Waals surface area contributed by atoms with E-state index in [1.165, 1.54) is 12.1 Å². The second-order valence-electron chi connectivity index (χ2n) is 8.86. The summed E-state index contributed by atoms with van der Waals surface area (Å²) < 4.78 is 5.52. The van der Waals surface area contributed by atoms with Crippen LogP contribution < -0.4 is 5.32 Å². The van der Waals surface area contributed by atoms with Crippen LogP contribution >= 0.6 is 0 Å². The minimum absolute atomic E-state index is 0.101. The van der Waals surface area contributed by atoms with Crippen molar-refractivity contribution in [3.8, 4) is 11.1 Å². The van der Waals surface area contributed by atoms with E-state index in [1.807, 2.05) is 48.5 Å². The summed E-state index contributed by atoms with van der Waals surface area (Å²) in [5.74, 6) is -2.42. The molecule has 3 aliphatic rings. The van der Waals surface area contributed by atoms with Crippen LogP contribution in [0.25, 0.3) is 11.1 Å². The van der Waals surface area contributed by atoms with E-state index in [0.29, 0.717) is 17.9 Å². The third kappa shape index (κ3) is 3.37. The number of carbonyl (C=O) groups excluding carboxylic acids is 4. The van der Waals surface area contributed by atoms with E-state index in [4.69, 9.17) is 9.57 Å². The minimum atomic E-state index is -1.32. The Kier molecular flexibility index (Phi) is 4.70. The molecular formula is C27H20N2O6. The predicted molar refractivity (Wildman–Crippen MR) is 123 cm³/mol. The van der Waals surface area contributed by atoms with Gasteiger partial charge in [-0.1, -0.05) is 65.7 Å². The number of benzene rings is 3. The molecule has 3 aromatic carbocycles. The van der Waals surface area contributed by atoms with Crippen LogP contribution in [0.4, 0.5) is 4.79 Å². The zero-order chi connectivity index (χ0) is 24.2. The van der Waals surface area contributed by atoms with Crippen LogP contribution in [0.1, 0.15) is 50.6 Å². The zero-order valence-electron chi connectivity index (χ0n) is 18.5. The van der Waals surface area contributed by atoms with Gasteiger partial charge in [0.05, 0.1) is 11.1 Å². The van der Waals surface area contributed by atoms with Crippen molar-refractivity contribution in [1.82, 2.24) is 10.4 Å². The second-order valence-corrected chi connectivity index (χ2v) is 8.86. The van der Waals surface area contributed by atoms with Crippen molar-refractivity contribution >= 4 is 23.9 Å². The number of ether oxygens (including phenoxy) is 1. The van der Waals surface area contributed by atoms with Gasteiger partial charge in [0.25, 0.3) is 11.8 Å².